The van der Waals surface area contributed by atoms with Crippen molar-refractivity contribution in [1.29, 1.82) is 0 Å². The van der Waals surface area contributed by atoms with Crippen LogP contribution in [0, 0.1) is 5.82 Å². The van der Waals surface area contributed by atoms with Crippen LogP contribution < -0.4 is 10.8 Å². The Morgan fingerprint density at radius 2 is 1.78 bits per heavy atom. The van der Waals surface area contributed by atoms with Crippen molar-refractivity contribution in [3.05, 3.63) is 18.1 Å². The Kier molecular flexibility index (Phi) is 3.11. The van der Waals surface area contributed by atoms with Gasteiger partial charge >= 0.3 is 7.12 Å². The van der Waals surface area contributed by atoms with Crippen LogP contribution in [-0.2, 0) is 9.31 Å². The second kappa shape index (κ2) is 4.21. The molecule has 1 aliphatic heterocycles. The van der Waals surface area contributed by atoms with Crippen molar-refractivity contribution in [3.8, 4) is 0 Å². The lowest BCUT2D eigenvalue weighted by Crippen LogP contribution is -2.41. The summed E-state index contributed by atoms with van der Waals surface area (Å²) in [6, 6.07) is 1.58. The highest BCUT2D eigenvalue weighted by atomic mass is 19.1. The molecule has 2 heterocycles. The molecule has 6 heteroatoms. The number of anilines is 1. The lowest BCUT2D eigenvalue weighted by molar-refractivity contribution is 0.00578. The van der Waals surface area contributed by atoms with E-state index in [1.54, 1.807) is 13.1 Å². The Morgan fingerprint density at radius 3 is 2.28 bits per heavy atom. The Labute approximate surface area is 107 Å². The summed E-state index contributed by atoms with van der Waals surface area (Å²) in [6.45, 7) is 7.74. The van der Waals surface area contributed by atoms with Gasteiger partial charge in [0, 0.05) is 18.7 Å². The highest BCUT2D eigenvalue weighted by molar-refractivity contribution is 6.62. The number of pyridine rings is 1. The molecule has 1 fully saturated rings. The average molecular weight is 252 g/mol. The molecule has 98 valence electrons. The van der Waals surface area contributed by atoms with E-state index in [0.29, 0.717) is 5.46 Å². The van der Waals surface area contributed by atoms with Crippen molar-refractivity contribution in [2.75, 3.05) is 12.4 Å². The van der Waals surface area contributed by atoms with Gasteiger partial charge in [-0.05, 0) is 33.8 Å². The van der Waals surface area contributed by atoms with Crippen LogP contribution in [0.3, 0.4) is 0 Å². The molecule has 0 radical (unpaired) electrons. The van der Waals surface area contributed by atoms with Gasteiger partial charge in [0.2, 0.25) is 0 Å². The van der Waals surface area contributed by atoms with Gasteiger partial charge in [-0.25, -0.2) is 9.37 Å². The van der Waals surface area contributed by atoms with Gasteiger partial charge in [-0.1, -0.05) is 0 Å². The minimum Gasteiger partial charge on any atom is -0.399 e. The minimum absolute atomic E-state index is 0.196. The molecule has 0 amide bonds. The van der Waals surface area contributed by atoms with Crippen LogP contribution in [0.25, 0.3) is 0 Å². The van der Waals surface area contributed by atoms with E-state index >= 15 is 0 Å². The molecule has 1 aromatic rings. The Hall–Kier alpha value is -1.14. The smallest absolute Gasteiger partial charge is 0.399 e. The maximum atomic E-state index is 14.1. The van der Waals surface area contributed by atoms with Crippen molar-refractivity contribution in [1.82, 2.24) is 4.98 Å². The largest absolute Gasteiger partial charge is 0.498 e. The first kappa shape index (κ1) is 13.3. The van der Waals surface area contributed by atoms with Crippen molar-refractivity contribution >= 4 is 18.4 Å². The maximum absolute atomic E-state index is 14.1. The number of hydrogen-bond donors (Lipinski definition) is 1. The molecule has 0 saturated carbocycles. The van der Waals surface area contributed by atoms with Gasteiger partial charge < -0.3 is 14.6 Å². The fourth-order valence-corrected chi connectivity index (χ4v) is 1.79. The second-order valence-corrected chi connectivity index (χ2v) is 5.40. The molecule has 1 aliphatic rings. The lowest BCUT2D eigenvalue weighted by atomic mass is 9.79. The molecular weight excluding hydrogens is 234 g/mol. The Morgan fingerprint density at radius 1 is 1.22 bits per heavy atom. The summed E-state index contributed by atoms with van der Waals surface area (Å²) < 4.78 is 25.8. The standard InChI is InChI=1S/C12H18BFN2O2/c1-11(2)12(3,4)18-13(17-11)8-6-7-16-10(15-5)9(8)14/h6-7H,1-5H3,(H,15,16). The zero-order valence-corrected chi connectivity index (χ0v) is 11.4. The highest BCUT2D eigenvalue weighted by Gasteiger charge is 2.52. The zero-order chi connectivity index (χ0) is 13.6. The summed E-state index contributed by atoms with van der Waals surface area (Å²) in [5.74, 6) is -0.235. The van der Waals surface area contributed by atoms with Crippen LogP contribution in [-0.4, -0.2) is 30.4 Å². The predicted molar refractivity (Wildman–Crippen MR) is 69.5 cm³/mol. The van der Waals surface area contributed by atoms with Crippen LogP contribution in [0.4, 0.5) is 10.2 Å². The number of nitrogens with zero attached hydrogens (tertiary/aromatic N) is 1. The number of rotatable bonds is 2. The van der Waals surface area contributed by atoms with Gasteiger partial charge in [0.1, 0.15) is 0 Å². The molecule has 1 aromatic heterocycles. The minimum atomic E-state index is -0.704. The number of hydrogen-bond acceptors (Lipinski definition) is 4. The summed E-state index contributed by atoms with van der Waals surface area (Å²) in [7, 11) is 0.921. The summed E-state index contributed by atoms with van der Waals surface area (Å²) in [6.07, 6.45) is 1.54. The third-order valence-corrected chi connectivity index (χ3v) is 3.66. The molecule has 0 aromatic carbocycles. The number of nitrogens with one attached hydrogen (secondary N) is 1. The van der Waals surface area contributed by atoms with Crippen LogP contribution in [0.2, 0.25) is 0 Å². The third-order valence-electron chi connectivity index (χ3n) is 3.66. The molecular formula is C12H18BFN2O2. The fourth-order valence-electron chi connectivity index (χ4n) is 1.79. The van der Waals surface area contributed by atoms with E-state index in [9.17, 15) is 4.39 Å². The number of aromatic nitrogens is 1. The zero-order valence-electron chi connectivity index (χ0n) is 11.4. The summed E-state index contributed by atoms with van der Waals surface area (Å²) >= 11 is 0. The molecule has 0 unspecified atom stereocenters. The van der Waals surface area contributed by atoms with E-state index < -0.39 is 24.1 Å². The SMILES string of the molecule is CNc1nccc(B2OC(C)(C)C(C)(C)O2)c1F. The van der Waals surface area contributed by atoms with Crippen LogP contribution in [0.5, 0.6) is 0 Å². The number of halogens is 1. The lowest BCUT2D eigenvalue weighted by Gasteiger charge is -2.32. The van der Waals surface area contributed by atoms with Gasteiger partial charge in [-0.15, -0.1) is 0 Å². The van der Waals surface area contributed by atoms with E-state index in [-0.39, 0.29) is 5.82 Å². The van der Waals surface area contributed by atoms with Crippen LogP contribution in [0.1, 0.15) is 27.7 Å². The molecule has 0 bridgehead atoms. The summed E-state index contributed by atoms with van der Waals surface area (Å²) in [4.78, 5) is 3.90. The van der Waals surface area contributed by atoms with E-state index in [1.807, 2.05) is 27.7 Å². The molecule has 1 saturated heterocycles. The van der Waals surface area contributed by atoms with E-state index in [2.05, 4.69) is 10.3 Å². The van der Waals surface area contributed by atoms with Gasteiger partial charge in [0.25, 0.3) is 0 Å². The third kappa shape index (κ3) is 1.99. The van der Waals surface area contributed by atoms with Gasteiger partial charge in [-0.3, -0.25) is 0 Å². The maximum Gasteiger partial charge on any atom is 0.498 e. The molecule has 2 rings (SSSR count). The van der Waals surface area contributed by atoms with Crippen molar-refractivity contribution < 1.29 is 13.7 Å². The predicted octanol–water partition coefficient (Wildman–Crippen LogP) is 1.56. The molecule has 1 N–H and O–H groups in total. The summed E-state index contributed by atoms with van der Waals surface area (Å²) in [5.41, 5.74) is -0.589. The Bertz CT molecular complexity index is 449. The van der Waals surface area contributed by atoms with E-state index in [0.717, 1.165) is 0 Å². The molecule has 4 nitrogen and oxygen atoms in total. The monoisotopic (exact) mass is 252 g/mol. The Balaban J connectivity index is 2.35. The topological polar surface area (TPSA) is 43.4 Å². The molecule has 0 atom stereocenters. The van der Waals surface area contributed by atoms with Crippen molar-refractivity contribution in [3.63, 3.8) is 0 Å². The second-order valence-electron chi connectivity index (χ2n) is 5.40. The van der Waals surface area contributed by atoms with Gasteiger partial charge in [0.15, 0.2) is 11.6 Å². The molecule has 18 heavy (non-hydrogen) atoms. The first-order valence-electron chi connectivity index (χ1n) is 5.96. The van der Waals surface area contributed by atoms with E-state index in [4.69, 9.17) is 9.31 Å². The van der Waals surface area contributed by atoms with Gasteiger partial charge in [-0.2, -0.15) is 0 Å². The summed E-state index contributed by atoms with van der Waals surface area (Å²) in [5, 5.41) is 2.70. The van der Waals surface area contributed by atoms with Gasteiger partial charge in [0.05, 0.1) is 11.2 Å². The quantitative estimate of drug-likeness (QED) is 0.811. The van der Waals surface area contributed by atoms with Crippen LogP contribution in [0.15, 0.2) is 12.3 Å². The molecule has 0 spiro atoms. The normalized spacial score (nSPS) is 21.1. The first-order valence-corrected chi connectivity index (χ1v) is 5.96. The van der Waals surface area contributed by atoms with E-state index in [1.165, 1.54) is 6.20 Å². The van der Waals surface area contributed by atoms with Crippen molar-refractivity contribution in [2.24, 2.45) is 0 Å². The highest BCUT2D eigenvalue weighted by Crippen LogP contribution is 2.36. The van der Waals surface area contributed by atoms with Crippen molar-refractivity contribution in [2.45, 2.75) is 38.9 Å². The average Bonchev–Trinajstić information content (AvgIpc) is 2.48. The molecule has 0 aliphatic carbocycles. The fraction of sp³-hybridized carbons (Fsp3) is 0.583. The van der Waals surface area contributed by atoms with Crippen LogP contribution >= 0.6 is 0 Å². The first-order chi connectivity index (χ1) is 8.28.